The van der Waals surface area contributed by atoms with Crippen LogP contribution in [0.2, 0.25) is 0 Å². The summed E-state index contributed by atoms with van der Waals surface area (Å²) in [5, 5.41) is 15.3. The van der Waals surface area contributed by atoms with Crippen LogP contribution in [-0.4, -0.2) is 35.9 Å². The number of methoxy groups -OCH3 is 1. The Kier molecular flexibility index (Phi) is 7.86. The Morgan fingerprint density at radius 3 is 2.24 bits per heavy atom. The number of amides is 2. The number of aromatic hydroxyl groups is 1. The molecular formula is C29H26N2O7. The quantitative estimate of drug-likeness (QED) is 0.292. The number of phenols is 1. The van der Waals surface area contributed by atoms with Crippen molar-refractivity contribution < 1.29 is 28.6 Å². The lowest BCUT2D eigenvalue weighted by Crippen LogP contribution is -2.48. The molecule has 194 valence electrons. The van der Waals surface area contributed by atoms with Gasteiger partial charge in [0.1, 0.15) is 11.6 Å². The first-order chi connectivity index (χ1) is 18.3. The predicted molar refractivity (Wildman–Crippen MR) is 140 cm³/mol. The second-order valence-corrected chi connectivity index (χ2v) is 8.65. The Morgan fingerprint density at radius 1 is 0.974 bits per heavy atom. The zero-order chi connectivity index (χ0) is 27.2. The minimum Gasteiger partial charge on any atom is -0.504 e. The highest BCUT2D eigenvalue weighted by molar-refractivity contribution is 6.38. The summed E-state index contributed by atoms with van der Waals surface area (Å²) in [7, 11) is 1.34. The summed E-state index contributed by atoms with van der Waals surface area (Å²) in [4.78, 5) is 52.1. The molecule has 1 atom stereocenters. The summed E-state index contributed by atoms with van der Waals surface area (Å²) < 4.78 is 10.8. The molecule has 0 spiro atoms. The van der Waals surface area contributed by atoms with Gasteiger partial charge in [-0.25, -0.2) is 0 Å². The number of hydrogen-bond acceptors (Lipinski definition) is 7. The average molecular weight is 515 g/mol. The first-order valence-corrected chi connectivity index (χ1v) is 11.8. The maximum absolute atomic E-state index is 13.3. The Morgan fingerprint density at radius 2 is 1.61 bits per heavy atom. The van der Waals surface area contributed by atoms with Gasteiger partial charge < -0.3 is 24.9 Å². The van der Waals surface area contributed by atoms with Gasteiger partial charge in [0.15, 0.2) is 22.7 Å². The number of benzene rings is 3. The van der Waals surface area contributed by atoms with E-state index in [9.17, 15) is 24.3 Å². The number of ether oxygens (including phenoxy) is 1. The van der Waals surface area contributed by atoms with Gasteiger partial charge in [-0.1, -0.05) is 60.7 Å². The van der Waals surface area contributed by atoms with E-state index in [1.54, 1.807) is 24.3 Å². The zero-order valence-electron chi connectivity index (χ0n) is 20.8. The van der Waals surface area contributed by atoms with Crippen molar-refractivity contribution in [3.63, 3.8) is 0 Å². The van der Waals surface area contributed by atoms with E-state index in [2.05, 4.69) is 10.6 Å². The molecule has 3 N–H and O–H groups in total. The molecule has 0 saturated heterocycles. The number of fused-ring (bicyclic) bond motifs is 1. The predicted octanol–water partition coefficient (Wildman–Crippen LogP) is 3.04. The number of hydrogen-bond donors (Lipinski definition) is 3. The van der Waals surface area contributed by atoms with Crippen molar-refractivity contribution >= 4 is 28.6 Å². The fourth-order valence-corrected chi connectivity index (χ4v) is 3.99. The van der Waals surface area contributed by atoms with E-state index in [1.165, 1.54) is 26.2 Å². The van der Waals surface area contributed by atoms with Crippen LogP contribution in [0.25, 0.3) is 11.0 Å². The lowest BCUT2D eigenvalue weighted by molar-refractivity contribution is -0.139. The molecule has 9 nitrogen and oxygen atoms in total. The maximum atomic E-state index is 13.3. The van der Waals surface area contributed by atoms with Crippen LogP contribution < -0.4 is 20.8 Å². The second kappa shape index (κ2) is 11.4. The van der Waals surface area contributed by atoms with Gasteiger partial charge in [-0.3, -0.25) is 19.2 Å². The standard InChI is InChI=1S/C29H26N2O7/c1-17-25(33)20-14-22(32)24(37-2)15-23(20)38-27(17)29(36)31-21(13-18-9-5-3-6-10-18)26(34)28(35)30-16-19-11-7-4-8-12-19/h3-12,14-15,21,32H,13,16H2,1-2H3,(H,30,35)(H,31,36)/t21-/m0/s1. The minimum absolute atomic E-state index is 0.0148. The van der Waals surface area contributed by atoms with E-state index in [0.717, 1.165) is 11.1 Å². The third-order valence-corrected chi connectivity index (χ3v) is 6.05. The molecule has 0 radical (unpaired) electrons. The molecule has 1 aromatic heterocycles. The van der Waals surface area contributed by atoms with Crippen molar-refractivity contribution in [2.75, 3.05) is 7.11 Å². The van der Waals surface area contributed by atoms with Crippen LogP contribution in [0.4, 0.5) is 0 Å². The van der Waals surface area contributed by atoms with Gasteiger partial charge in [0.25, 0.3) is 11.8 Å². The van der Waals surface area contributed by atoms with Crippen molar-refractivity contribution in [2.45, 2.75) is 25.9 Å². The van der Waals surface area contributed by atoms with Crippen molar-refractivity contribution in [1.29, 1.82) is 0 Å². The van der Waals surface area contributed by atoms with Gasteiger partial charge in [-0.15, -0.1) is 0 Å². The van der Waals surface area contributed by atoms with Crippen LogP contribution in [0.5, 0.6) is 11.5 Å². The highest BCUT2D eigenvalue weighted by Crippen LogP contribution is 2.30. The SMILES string of the molecule is COc1cc2oc(C(=O)N[C@@H](Cc3ccccc3)C(=O)C(=O)NCc3ccccc3)c(C)c(=O)c2cc1O. The van der Waals surface area contributed by atoms with E-state index in [1.807, 2.05) is 36.4 Å². The van der Waals surface area contributed by atoms with Crippen LogP contribution in [0.15, 0.2) is 82.0 Å². The van der Waals surface area contributed by atoms with Crippen molar-refractivity contribution in [3.8, 4) is 11.5 Å². The Bertz CT molecular complexity index is 1550. The molecule has 4 aromatic rings. The molecule has 3 aromatic carbocycles. The molecule has 1 heterocycles. The molecule has 4 rings (SSSR count). The highest BCUT2D eigenvalue weighted by Gasteiger charge is 2.29. The first kappa shape index (κ1) is 26.2. The van der Waals surface area contributed by atoms with Gasteiger partial charge >= 0.3 is 0 Å². The normalized spacial score (nSPS) is 11.5. The van der Waals surface area contributed by atoms with Crippen LogP contribution >= 0.6 is 0 Å². The number of ketones is 1. The molecule has 0 aliphatic heterocycles. The van der Waals surface area contributed by atoms with Crippen molar-refractivity contribution in [1.82, 2.24) is 10.6 Å². The number of rotatable bonds is 9. The monoisotopic (exact) mass is 514 g/mol. The van der Waals surface area contributed by atoms with E-state index < -0.39 is 29.1 Å². The number of phenolic OH excluding ortho intramolecular Hbond substituents is 1. The maximum Gasteiger partial charge on any atom is 0.289 e. The zero-order valence-corrected chi connectivity index (χ0v) is 20.8. The van der Waals surface area contributed by atoms with Gasteiger partial charge in [0, 0.05) is 24.6 Å². The van der Waals surface area contributed by atoms with Crippen molar-refractivity contribution in [2.24, 2.45) is 0 Å². The van der Waals surface area contributed by atoms with Crippen LogP contribution in [0, 0.1) is 6.92 Å². The van der Waals surface area contributed by atoms with Crippen molar-refractivity contribution in [3.05, 3.63) is 105 Å². The fourth-order valence-electron chi connectivity index (χ4n) is 3.99. The van der Waals surface area contributed by atoms with E-state index >= 15 is 0 Å². The molecule has 2 amide bonds. The molecule has 0 aliphatic carbocycles. The Labute approximate surface area is 218 Å². The summed E-state index contributed by atoms with van der Waals surface area (Å²) in [6.07, 6.45) is 0.0444. The molecule has 38 heavy (non-hydrogen) atoms. The van der Waals surface area contributed by atoms with Crippen LogP contribution in [-0.2, 0) is 22.6 Å². The molecule has 9 heteroatoms. The molecule has 0 unspecified atom stereocenters. The number of carbonyl (C=O) groups is 3. The second-order valence-electron chi connectivity index (χ2n) is 8.65. The Hall–Kier alpha value is -4.92. The lowest BCUT2D eigenvalue weighted by Gasteiger charge is -2.18. The van der Waals surface area contributed by atoms with Gasteiger partial charge in [0.2, 0.25) is 5.78 Å². The van der Waals surface area contributed by atoms with Gasteiger partial charge in [-0.2, -0.15) is 0 Å². The summed E-state index contributed by atoms with van der Waals surface area (Å²) in [6, 6.07) is 19.3. The molecule has 0 fully saturated rings. The van der Waals surface area contributed by atoms with Crippen LogP contribution in [0.3, 0.4) is 0 Å². The first-order valence-electron chi connectivity index (χ1n) is 11.8. The third kappa shape index (κ3) is 5.73. The van der Waals surface area contributed by atoms with E-state index in [0.29, 0.717) is 0 Å². The highest BCUT2D eigenvalue weighted by atomic mass is 16.5. The average Bonchev–Trinajstić information content (AvgIpc) is 2.94. The van der Waals surface area contributed by atoms with Crippen LogP contribution in [0.1, 0.15) is 27.2 Å². The topological polar surface area (TPSA) is 135 Å². The smallest absolute Gasteiger partial charge is 0.289 e. The summed E-state index contributed by atoms with van der Waals surface area (Å²) in [6.45, 7) is 1.55. The lowest BCUT2D eigenvalue weighted by atomic mass is 10.0. The third-order valence-electron chi connectivity index (χ3n) is 6.05. The fraction of sp³-hybridized carbons (Fsp3) is 0.172. The largest absolute Gasteiger partial charge is 0.504 e. The summed E-state index contributed by atoms with van der Waals surface area (Å²) >= 11 is 0. The summed E-state index contributed by atoms with van der Waals surface area (Å²) in [5.74, 6) is -3.04. The van der Waals surface area contributed by atoms with E-state index in [4.69, 9.17) is 9.15 Å². The number of carbonyl (C=O) groups excluding carboxylic acids is 3. The Balaban J connectivity index is 1.62. The molecular weight excluding hydrogens is 488 g/mol. The molecule has 0 saturated carbocycles. The number of nitrogens with one attached hydrogen (secondary N) is 2. The minimum atomic E-state index is -1.23. The molecule has 0 bridgehead atoms. The molecule has 0 aliphatic rings. The number of Topliss-reactive ketones (excluding diaryl/α,β-unsaturated/α-hetero) is 1. The summed E-state index contributed by atoms with van der Waals surface area (Å²) in [5.41, 5.74) is 1.01. The van der Waals surface area contributed by atoms with E-state index in [-0.39, 0.29) is 46.8 Å². The van der Waals surface area contributed by atoms with Gasteiger partial charge in [0.05, 0.1) is 12.5 Å². The van der Waals surface area contributed by atoms with Gasteiger partial charge in [-0.05, 0) is 24.1 Å².